The predicted octanol–water partition coefficient (Wildman–Crippen LogP) is 0.829. The molecule has 142 valence electrons. The molecule has 2 aliphatic rings. The van der Waals surface area contributed by atoms with Crippen molar-refractivity contribution in [2.75, 3.05) is 20.2 Å². The number of piperidine rings is 1. The van der Waals surface area contributed by atoms with Crippen LogP contribution in [0.5, 0.6) is 5.75 Å². The number of carbonyl (C=O) groups is 2. The number of methoxy groups -OCH3 is 1. The summed E-state index contributed by atoms with van der Waals surface area (Å²) in [6.07, 6.45) is 1.63. The van der Waals surface area contributed by atoms with E-state index in [9.17, 15) is 18.0 Å². The molecule has 1 aromatic carbocycles. The first-order valence-electron chi connectivity index (χ1n) is 8.48. The Morgan fingerprint density at radius 3 is 2.23 bits per heavy atom. The average molecular weight is 382 g/mol. The van der Waals surface area contributed by atoms with Gasteiger partial charge in [0, 0.05) is 19.0 Å². The van der Waals surface area contributed by atoms with E-state index in [1.807, 2.05) is 0 Å². The lowest BCUT2D eigenvalue weighted by molar-refractivity contribution is -0.144. The molecule has 0 radical (unpaired) electrons. The molecule has 9 heteroatoms. The van der Waals surface area contributed by atoms with Gasteiger partial charge in [-0.3, -0.25) is 4.79 Å². The standard InChI is InChI=1S/C17H22N2O6S/c1-25-13-2-4-14(5-3-13)26(23,24)19-10-6-12(7-11-19)15(20)18-17(8-9-17)16(21)22/h2-5,12H,6-11H2,1H3,(H,18,20)(H,21,22). The number of sulfonamides is 1. The number of aliphatic carboxylic acids is 1. The van der Waals surface area contributed by atoms with Gasteiger partial charge in [-0.1, -0.05) is 0 Å². The van der Waals surface area contributed by atoms with Crippen molar-refractivity contribution in [2.24, 2.45) is 5.92 Å². The van der Waals surface area contributed by atoms with Crippen LogP contribution in [0.25, 0.3) is 0 Å². The van der Waals surface area contributed by atoms with E-state index in [2.05, 4.69) is 5.32 Å². The van der Waals surface area contributed by atoms with Crippen molar-refractivity contribution < 1.29 is 27.9 Å². The maximum atomic E-state index is 12.7. The number of benzene rings is 1. The van der Waals surface area contributed by atoms with Crippen molar-refractivity contribution >= 4 is 21.9 Å². The van der Waals surface area contributed by atoms with E-state index >= 15 is 0 Å². The number of carboxylic acids is 1. The summed E-state index contributed by atoms with van der Waals surface area (Å²) in [4.78, 5) is 23.7. The molecule has 0 atom stereocenters. The Kier molecular flexibility index (Phi) is 4.94. The van der Waals surface area contributed by atoms with Crippen LogP contribution in [-0.2, 0) is 19.6 Å². The van der Waals surface area contributed by atoms with Crippen LogP contribution < -0.4 is 10.1 Å². The van der Waals surface area contributed by atoms with E-state index in [-0.39, 0.29) is 29.8 Å². The molecule has 2 N–H and O–H groups in total. The molecule has 1 amide bonds. The topological polar surface area (TPSA) is 113 Å². The molecular formula is C17H22N2O6S. The van der Waals surface area contributed by atoms with Gasteiger partial charge in [0.1, 0.15) is 11.3 Å². The molecule has 0 unspecified atom stereocenters. The largest absolute Gasteiger partial charge is 0.497 e. The predicted molar refractivity (Wildman–Crippen MR) is 92.2 cm³/mol. The second-order valence-electron chi connectivity index (χ2n) is 6.73. The third kappa shape index (κ3) is 3.54. The summed E-state index contributed by atoms with van der Waals surface area (Å²) in [7, 11) is -2.11. The number of nitrogens with one attached hydrogen (secondary N) is 1. The van der Waals surface area contributed by atoms with Crippen LogP contribution in [0, 0.1) is 5.92 Å². The maximum absolute atomic E-state index is 12.7. The molecule has 0 aromatic heterocycles. The molecule has 1 heterocycles. The molecule has 8 nitrogen and oxygen atoms in total. The van der Waals surface area contributed by atoms with Gasteiger partial charge in [0.05, 0.1) is 12.0 Å². The normalized spacial score (nSPS) is 20.3. The number of rotatable bonds is 6. The van der Waals surface area contributed by atoms with E-state index in [1.54, 1.807) is 12.1 Å². The second kappa shape index (κ2) is 6.88. The highest BCUT2D eigenvalue weighted by molar-refractivity contribution is 7.89. The third-order valence-electron chi connectivity index (χ3n) is 5.04. The maximum Gasteiger partial charge on any atom is 0.329 e. The summed E-state index contributed by atoms with van der Waals surface area (Å²) in [5.41, 5.74) is -1.11. The molecule has 1 saturated heterocycles. The molecule has 3 rings (SSSR count). The van der Waals surface area contributed by atoms with Gasteiger partial charge in [-0.2, -0.15) is 4.31 Å². The van der Waals surface area contributed by atoms with E-state index in [0.29, 0.717) is 31.4 Å². The van der Waals surface area contributed by atoms with Crippen LogP contribution in [0.1, 0.15) is 25.7 Å². The lowest BCUT2D eigenvalue weighted by Crippen LogP contribution is -2.48. The van der Waals surface area contributed by atoms with Crippen molar-refractivity contribution in [1.82, 2.24) is 9.62 Å². The molecular weight excluding hydrogens is 360 g/mol. The zero-order chi connectivity index (χ0) is 18.9. The fourth-order valence-corrected chi connectivity index (χ4v) is 4.58. The lowest BCUT2D eigenvalue weighted by atomic mass is 9.96. The Morgan fingerprint density at radius 1 is 1.19 bits per heavy atom. The first-order valence-corrected chi connectivity index (χ1v) is 9.92. The number of amides is 1. The van der Waals surface area contributed by atoms with Crippen LogP contribution in [-0.4, -0.2) is 55.4 Å². The monoisotopic (exact) mass is 382 g/mol. The molecule has 1 saturated carbocycles. The van der Waals surface area contributed by atoms with E-state index in [0.717, 1.165) is 0 Å². The minimum atomic E-state index is -3.62. The number of carboxylic acid groups (broad SMARTS) is 1. The van der Waals surface area contributed by atoms with Crippen molar-refractivity contribution in [3.8, 4) is 5.75 Å². The van der Waals surface area contributed by atoms with Gasteiger partial charge in [0.2, 0.25) is 15.9 Å². The minimum absolute atomic E-state index is 0.184. The Balaban J connectivity index is 1.60. The summed E-state index contributed by atoms with van der Waals surface area (Å²) >= 11 is 0. The van der Waals surface area contributed by atoms with Gasteiger partial charge in [-0.25, -0.2) is 13.2 Å². The molecule has 0 spiro atoms. The second-order valence-corrected chi connectivity index (χ2v) is 8.67. The Labute approximate surface area is 152 Å². The molecule has 0 bridgehead atoms. The van der Waals surface area contributed by atoms with Crippen LogP contribution >= 0.6 is 0 Å². The van der Waals surface area contributed by atoms with Crippen molar-refractivity contribution in [3.63, 3.8) is 0 Å². The summed E-state index contributed by atoms with van der Waals surface area (Å²) in [6, 6.07) is 6.18. The fraction of sp³-hybridized carbons (Fsp3) is 0.529. The Hall–Kier alpha value is -2.13. The molecule has 1 aliphatic carbocycles. The SMILES string of the molecule is COc1ccc(S(=O)(=O)N2CCC(C(=O)NC3(C(=O)O)CC3)CC2)cc1. The number of hydrogen-bond donors (Lipinski definition) is 2. The molecule has 1 aromatic rings. The Morgan fingerprint density at radius 2 is 1.77 bits per heavy atom. The van der Waals surface area contributed by atoms with E-state index in [4.69, 9.17) is 9.84 Å². The molecule has 1 aliphatic heterocycles. The minimum Gasteiger partial charge on any atom is -0.497 e. The van der Waals surface area contributed by atoms with Gasteiger partial charge in [-0.15, -0.1) is 0 Å². The fourth-order valence-electron chi connectivity index (χ4n) is 3.11. The highest BCUT2D eigenvalue weighted by atomic mass is 32.2. The van der Waals surface area contributed by atoms with Gasteiger partial charge in [0.25, 0.3) is 0 Å². The number of nitrogens with zero attached hydrogens (tertiary/aromatic N) is 1. The van der Waals surface area contributed by atoms with Gasteiger partial charge < -0.3 is 15.2 Å². The van der Waals surface area contributed by atoms with Crippen molar-refractivity contribution in [1.29, 1.82) is 0 Å². The highest BCUT2D eigenvalue weighted by Crippen LogP contribution is 2.36. The van der Waals surface area contributed by atoms with Crippen LogP contribution in [0.3, 0.4) is 0 Å². The third-order valence-corrected chi connectivity index (χ3v) is 6.96. The summed E-state index contributed by atoms with van der Waals surface area (Å²) < 4.78 is 31.8. The number of ether oxygens (including phenoxy) is 1. The average Bonchev–Trinajstić information content (AvgIpc) is 3.42. The summed E-state index contributed by atoms with van der Waals surface area (Å²) in [5, 5.41) is 11.8. The Bertz CT molecular complexity index is 793. The highest BCUT2D eigenvalue weighted by Gasteiger charge is 2.52. The van der Waals surface area contributed by atoms with E-state index in [1.165, 1.54) is 23.5 Å². The first-order chi connectivity index (χ1) is 12.3. The van der Waals surface area contributed by atoms with Crippen LogP contribution in [0.4, 0.5) is 0 Å². The number of hydrogen-bond acceptors (Lipinski definition) is 5. The van der Waals surface area contributed by atoms with Crippen LogP contribution in [0.15, 0.2) is 29.2 Å². The quantitative estimate of drug-likeness (QED) is 0.753. The van der Waals surface area contributed by atoms with E-state index < -0.39 is 21.5 Å². The van der Waals surface area contributed by atoms with Crippen molar-refractivity contribution in [3.05, 3.63) is 24.3 Å². The zero-order valence-corrected chi connectivity index (χ0v) is 15.3. The lowest BCUT2D eigenvalue weighted by Gasteiger charge is -2.31. The number of carbonyl (C=O) groups excluding carboxylic acids is 1. The van der Waals surface area contributed by atoms with Gasteiger partial charge >= 0.3 is 5.97 Å². The molecule has 2 fully saturated rings. The van der Waals surface area contributed by atoms with Crippen molar-refractivity contribution in [2.45, 2.75) is 36.1 Å². The summed E-state index contributed by atoms with van der Waals surface area (Å²) in [6.45, 7) is 0.457. The smallest absolute Gasteiger partial charge is 0.329 e. The summed E-state index contributed by atoms with van der Waals surface area (Å²) in [5.74, 6) is -1.10. The first kappa shape index (κ1) is 18.7. The van der Waals surface area contributed by atoms with Gasteiger partial charge in [0.15, 0.2) is 0 Å². The van der Waals surface area contributed by atoms with Crippen LogP contribution in [0.2, 0.25) is 0 Å². The van der Waals surface area contributed by atoms with Gasteiger partial charge in [-0.05, 0) is 49.9 Å². The zero-order valence-electron chi connectivity index (χ0n) is 14.5. The molecule has 26 heavy (non-hydrogen) atoms.